The SMILES string of the molecule is CC(C)CC(N)C(=O)NCC(=O)NCC(=O)NC(Cc1cnc[nH]1)C(=O)O. The molecule has 0 bridgehead atoms. The van der Waals surface area contributed by atoms with E-state index in [9.17, 15) is 19.2 Å². The Morgan fingerprint density at radius 1 is 1.19 bits per heavy atom. The molecule has 1 aromatic rings. The molecule has 0 spiro atoms. The number of nitrogens with zero attached hydrogens (tertiary/aromatic N) is 1. The van der Waals surface area contributed by atoms with E-state index in [0.29, 0.717) is 12.1 Å². The van der Waals surface area contributed by atoms with Crippen molar-refractivity contribution in [1.29, 1.82) is 0 Å². The van der Waals surface area contributed by atoms with Crippen LogP contribution in [0.2, 0.25) is 0 Å². The number of rotatable bonds is 11. The second-order valence-electron chi connectivity index (χ2n) is 6.47. The Morgan fingerprint density at radius 3 is 2.41 bits per heavy atom. The van der Waals surface area contributed by atoms with Crippen LogP contribution >= 0.6 is 0 Å². The molecule has 11 nitrogen and oxygen atoms in total. The fraction of sp³-hybridized carbons (Fsp3) is 0.562. The largest absolute Gasteiger partial charge is 0.480 e. The molecule has 1 aromatic heterocycles. The van der Waals surface area contributed by atoms with Gasteiger partial charge in [-0.3, -0.25) is 14.4 Å². The first-order chi connectivity index (χ1) is 12.7. The lowest BCUT2D eigenvalue weighted by Gasteiger charge is -2.15. The van der Waals surface area contributed by atoms with Gasteiger partial charge < -0.3 is 31.8 Å². The van der Waals surface area contributed by atoms with Crippen molar-refractivity contribution < 1.29 is 24.3 Å². The molecular weight excluding hydrogens is 356 g/mol. The first-order valence-electron chi connectivity index (χ1n) is 8.48. The molecule has 11 heteroatoms. The summed E-state index contributed by atoms with van der Waals surface area (Å²) >= 11 is 0. The summed E-state index contributed by atoms with van der Waals surface area (Å²) in [5, 5.41) is 16.2. The Labute approximate surface area is 156 Å². The Balaban J connectivity index is 2.34. The molecule has 3 amide bonds. The third-order valence-corrected chi connectivity index (χ3v) is 3.54. The lowest BCUT2D eigenvalue weighted by atomic mass is 10.0. The highest BCUT2D eigenvalue weighted by Gasteiger charge is 2.21. The number of amides is 3. The summed E-state index contributed by atoms with van der Waals surface area (Å²) in [4.78, 5) is 53.0. The molecule has 0 fully saturated rings. The Bertz CT molecular complexity index is 646. The van der Waals surface area contributed by atoms with Crippen molar-refractivity contribution in [2.75, 3.05) is 13.1 Å². The first-order valence-corrected chi connectivity index (χ1v) is 8.48. The van der Waals surface area contributed by atoms with Crippen LogP contribution in [-0.4, -0.2) is 63.9 Å². The highest BCUT2D eigenvalue weighted by molar-refractivity contribution is 5.90. The van der Waals surface area contributed by atoms with E-state index in [1.807, 2.05) is 13.8 Å². The zero-order chi connectivity index (χ0) is 20.4. The second-order valence-corrected chi connectivity index (χ2v) is 6.47. The van der Waals surface area contributed by atoms with E-state index in [1.165, 1.54) is 12.5 Å². The van der Waals surface area contributed by atoms with Crippen LogP contribution in [0.4, 0.5) is 0 Å². The third-order valence-electron chi connectivity index (χ3n) is 3.54. The van der Waals surface area contributed by atoms with Gasteiger partial charge in [-0.2, -0.15) is 0 Å². The van der Waals surface area contributed by atoms with Crippen LogP contribution in [0.15, 0.2) is 12.5 Å². The number of imidazole rings is 1. The molecule has 2 atom stereocenters. The molecule has 0 aliphatic heterocycles. The average Bonchev–Trinajstić information content (AvgIpc) is 3.09. The summed E-state index contributed by atoms with van der Waals surface area (Å²) in [5.41, 5.74) is 6.24. The number of nitrogens with one attached hydrogen (secondary N) is 4. The van der Waals surface area contributed by atoms with Gasteiger partial charge in [0.25, 0.3) is 0 Å². The smallest absolute Gasteiger partial charge is 0.326 e. The van der Waals surface area contributed by atoms with E-state index >= 15 is 0 Å². The Morgan fingerprint density at radius 2 is 1.85 bits per heavy atom. The lowest BCUT2D eigenvalue weighted by molar-refractivity contribution is -0.141. The molecule has 0 aromatic carbocycles. The van der Waals surface area contributed by atoms with Crippen LogP contribution in [0.1, 0.15) is 26.0 Å². The van der Waals surface area contributed by atoms with Gasteiger partial charge in [0, 0.05) is 18.3 Å². The minimum absolute atomic E-state index is 0.0266. The minimum atomic E-state index is -1.21. The molecule has 0 saturated carbocycles. The predicted octanol–water partition coefficient (Wildman–Crippen LogP) is -1.87. The number of carbonyl (C=O) groups is 4. The van der Waals surface area contributed by atoms with Crippen molar-refractivity contribution in [2.24, 2.45) is 11.7 Å². The van der Waals surface area contributed by atoms with Gasteiger partial charge >= 0.3 is 5.97 Å². The standard InChI is InChI=1S/C16H26N6O5/c1-9(2)3-11(17)15(25)20-6-13(23)19-7-14(24)22-12(16(26)27)4-10-5-18-8-21-10/h5,8-9,11-12H,3-4,6-7,17H2,1-2H3,(H,18,21)(H,19,23)(H,20,25)(H,22,24)(H,26,27). The van der Waals surface area contributed by atoms with Gasteiger partial charge in [0.1, 0.15) is 6.04 Å². The molecule has 27 heavy (non-hydrogen) atoms. The van der Waals surface area contributed by atoms with Crippen molar-refractivity contribution in [3.8, 4) is 0 Å². The van der Waals surface area contributed by atoms with Crippen molar-refractivity contribution in [3.05, 3.63) is 18.2 Å². The van der Waals surface area contributed by atoms with Crippen molar-refractivity contribution in [3.63, 3.8) is 0 Å². The van der Waals surface area contributed by atoms with Crippen LogP contribution < -0.4 is 21.7 Å². The van der Waals surface area contributed by atoms with Crippen molar-refractivity contribution in [1.82, 2.24) is 25.9 Å². The number of aliphatic carboxylic acids is 1. The molecule has 0 radical (unpaired) electrons. The summed E-state index contributed by atoms with van der Waals surface area (Å²) in [6.07, 6.45) is 3.37. The van der Waals surface area contributed by atoms with E-state index in [-0.39, 0.29) is 18.9 Å². The van der Waals surface area contributed by atoms with E-state index in [1.54, 1.807) is 0 Å². The van der Waals surface area contributed by atoms with Crippen LogP contribution in [0.25, 0.3) is 0 Å². The molecule has 0 saturated heterocycles. The van der Waals surface area contributed by atoms with E-state index in [0.717, 1.165) is 0 Å². The number of carbonyl (C=O) groups excluding carboxylic acids is 3. The summed E-state index contributed by atoms with van der Waals surface area (Å²) in [5.74, 6) is -2.68. The number of carboxylic acid groups (broad SMARTS) is 1. The van der Waals surface area contributed by atoms with Gasteiger partial charge in [0.2, 0.25) is 17.7 Å². The number of aromatic nitrogens is 2. The van der Waals surface area contributed by atoms with Crippen LogP contribution in [-0.2, 0) is 25.6 Å². The second kappa shape index (κ2) is 10.9. The number of H-pyrrole nitrogens is 1. The van der Waals surface area contributed by atoms with Gasteiger partial charge in [-0.05, 0) is 12.3 Å². The van der Waals surface area contributed by atoms with Gasteiger partial charge in [-0.1, -0.05) is 13.8 Å². The topological polar surface area (TPSA) is 179 Å². The Kier molecular flexibility index (Phi) is 8.93. The maximum absolute atomic E-state index is 11.8. The van der Waals surface area contributed by atoms with Gasteiger partial charge in [-0.15, -0.1) is 0 Å². The quantitative estimate of drug-likeness (QED) is 0.259. The number of carboxylic acids is 1. The molecule has 7 N–H and O–H groups in total. The number of nitrogens with two attached hydrogens (primary N) is 1. The van der Waals surface area contributed by atoms with E-state index in [4.69, 9.17) is 10.8 Å². The average molecular weight is 382 g/mol. The summed E-state index contributed by atoms with van der Waals surface area (Å²) < 4.78 is 0. The molecule has 0 aliphatic rings. The van der Waals surface area contributed by atoms with Crippen LogP contribution in [0.5, 0.6) is 0 Å². The molecular formula is C16H26N6O5. The molecule has 150 valence electrons. The maximum atomic E-state index is 11.8. The van der Waals surface area contributed by atoms with Gasteiger partial charge in [0.15, 0.2) is 0 Å². The van der Waals surface area contributed by atoms with Crippen LogP contribution in [0, 0.1) is 5.92 Å². The minimum Gasteiger partial charge on any atom is -0.480 e. The monoisotopic (exact) mass is 382 g/mol. The van der Waals surface area contributed by atoms with Crippen LogP contribution in [0.3, 0.4) is 0 Å². The lowest BCUT2D eigenvalue weighted by Crippen LogP contribution is -2.49. The highest BCUT2D eigenvalue weighted by atomic mass is 16.4. The molecule has 2 unspecified atom stereocenters. The Hall–Kier alpha value is -2.95. The number of aromatic amines is 1. The zero-order valence-corrected chi connectivity index (χ0v) is 15.3. The van der Waals surface area contributed by atoms with Gasteiger partial charge in [0.05, 0.1) is 25.5 Å². The van der Waals surface area contributed by atoms with Gasteiger partial charge in [-0.25, -0.2) is 9.78 Å². The fourth-order valence-electron chi connectivity index (χ4n) is 2.22. The summed E-state index contributed by atoms with van der Waals surface area (Å²) in [7, 11) is 0. The van der Waals surface area contributed by atoms with E-state index < -0.39 is 42.3 Å². The maximum Gasteiger partial charge on any atom is 0.326 e. The molecule has 1 heterocycles. The highest BCUT2D eigenvalue weighted by Crippen LogP contribution is 2.02. The zero-order valence-electron chi connectivity index (χ0n) is 15.3. The summed E-state index contributed by atoms with van der Waals surface area (Å²) in [6.45, 7) is 3.11. The third kappa shape index (κ3) is 8.81. The number of hydrogen-bond donors (Lipinski definition) is 6. The molecule has 1 rings (SSSR count). The molecule has 0 aliphatic carbocycles. The first kappa shape index (κ1) is 22.1. The van der Waals surface area contributed by atoms with Crippen molar-refractivity contribution in [2.45, 2.75) is 38.8 Å². The fourth-order valence-corrected chi connectivity index (χ4v) is 2.22. The van der Waals surface area contributed by atoms with Crippen molar-refractivity contribution >= 4 is 23.7 Å². The normalized spacial score (nSPS) is 12.9. The predicted molar refractivity (Wildman–Crippen MR) is 95.3 cm³/mol. The number of hydrogen-bond acceptors (Lipinski definition) is 6. The van der Waals surface area contributed by atoms with E-state index in [2.05, 4.69) is 25.9 Å². The summed E-state index contributed by atoms with van der Waals surface area (Å²) in [6, 6.07) is -1.87.